The molecular formula is C19H30BrN3O3S. The van der Waals surface area contributed by atoms with Gasteiger partial charge >= 0.3 is 0 Å². The SMILES string of the molecule is CC1CCCN(CCCCNC(=O)CN(C)S(=O)(=O)c2ccc(Br)cc2)C1. The van der Waals surface area contributed by atoms with Gasteiger partial charge in [-0.25, -0.2) is 8.42 Å². The maximum absolute atomic E-state index is 12.5. The normalized spacial score (nSPS) is 18.6. The van der Waals surface area contributed by atoms with Crippen LogP contribution in [0.25, 0.3) is 0 Å². The van der Waals surface area contributed by atoms with Crippen molar-refractivity contribution in [2.75, 3.05) is 39.8 Å². The molecule has 0 spiro atoms. The molecule has 1 aliphatic rings. The molecule has 8 heteroatoms. The number of nitrogens with one attached hydrogen (secondary N) is 1. The van der Waals surface area contributed by atoms with Gasteiger partial charge in [-0.15, -0.1) is 0 Å². The van der Waals surface area contributed by atoms with Gasteiger partial charge in [0.25, 0.3) is 0 Å². The van der Waals surface area contributed by atoms with E-state index in [0.29, 0.717) is 6.54 Å². The molecule has 0 radical (unpaired) electrons. The van der Waals surface area contributed by atoms with E-state index in [9.17, 15) is 13.2 Å². The Morgan fingerprint density at radius 2 is 2.00 bits per heavy atom. The summed E-state index contributed by atoms with van der Waals surface area (Å²) in [6, 6.07) is 6.39. The topological polar surface area (TPSA) is 69.7 Å². The number of benzene rings is 1. The molecule has 0 bridgehead atoms. The Kier molecular flexibility index (Phi) is 8.72. The predicted octanol–water partition coefficient (Wildman–Crippen LogP) is 2.70. The fourth-order valence-corrected chi connectivity index (χ4v) is 4.70. The first-order valence-corrected chi connectivity index (χ1v) is 11.7. The summed E-state index contributed by atoms with van der Waals surface area (Å²) in [5.41, 5.74) is 0. The van der Waals surface area contributed by atoms with Crippen LogP contribution < -0.4 is 5.32 Å². The van der Waals surface area contributed by atoms with Crippen molar-refractivity contribution in [3.8, 4) is 0 Å². The van der Waals surface area contributed by atoms with E-state index < -0.39 is 10.0 Å². The van der Waals surface area contributed by atoms with Crippen LogP contribution in [-0.2, 0) is 14.8 Å². The molecule has 1 unspecified atom stereocenters. The first kappa shape index (κ1) is 22.3. The van der Waals surface area contributed by atoms with Crippen molar-refractivity contribution >= 4 is 31.9 Å². The molecule has 1 atom stereocenters. The second-order valence-corrected chi connectivity index (χ2v) is 10.3. The first-order valence-electron chi connectivity index (χ1n) is 9.50. The van der Waals surface area contributed by atoms with E-state index in [0.717, 1.165) is 34.1 Å². The number of amides is 1. The van der Waals surface area contributed by atoms with Crippen LogP contribution in [0.1, 0.15) is 32.6 Å². The molecule has 1 saturated heterocycles. The van der Waals surface area contributed by atoms with Crippen LogP contribution >= 0.6 is 15.9 Å². The number of unbranched alkanes of at least 4 members (excludes halogenated alkanes) is 1. The third kappa shape index (κ3) is 7.18. The van der Waals surface area contributed by atoms with E-state index in [1.165, 1.54) is 45.1 Å². The monoisotopic (exact) mass is 459 g/mol. The van der Waals surface area contributed by atoms with Crippen LogP contribution in [0, 0.1) is 5.92 Å². The van der Waals surface area contributed by atoms with E-state index in [2.05, 4.69) is 33.1 Å². The molecule has 0 aromatic heterocycles. The Morgan fingerprint density at radius 3 is 2.67 bits per heavy atom. The minimum absolute atomic E-state index is 0.178. The van der Waals surface area contributed by atoms with Crippen molar-refractivity contribution in [2.45, 2.75) is 37.5 Å². The fraction of sp³-hybridized carbons (Fsp3) is 0.632. The number of nitrogens with zero attached hydrogens (tertiary/aromatic N) is 2. The van der Waals surface area contributed by atoms with Crippen molar-refractivity contribution in [1.29, 1.82) is 0 Å². The zero-order valence-electron chi connectivity index (χ0n) is 16.2. The third-order valence-electron chi connectivity index (χ3n) is 4.85. The number of halogens is 1. The molecular weight excluding hydrogens is 430 g/mol. The number of likely N-dealkylation sites (N-methyl/N-ethyl adjacent to an activating group) is 1. The third-order valence-corrected chi connectivity index (χ3v) is 7.20. The van der Waals surface area contributed by atoms with E-state index in [1.54, 1.807) is 12.1 Å². The highest BCUT2D eigenvalue weighted by Gasteiger charge is 2.22. The molecule has 1 amide bonds. The molecule has 1 aromatic rings. The van der Waals surface area contributed by atoms with Crippen LogP contribution in [0.15, 0.2) is 33.6 Å². The molecule has 1 aromatic carbocycles. The maximum atomic E-state index is 12.5. The van der Waals surface area contributed by atoms with E-state index >= 15 is 0 Å². The molecule has 2 rings (SSSR count). The zero-order chi connectivity index (χ0) is 19.9. The van der Waals surface area contributed by atoms with Gasteiger partial charge in [-0.2, -0.15) is 4.31 Å². The number of carbonyl (C=O) groups is 1. The van der Waals surface area contributed by atoms with Gasteiger partial charge in [-0.3, -0.25) is 4.79 Å². The van der Waals surface area contributed by atoms with Crippen molar-refractivity contribution in [3.63, 3.8) is 0 Å². The number of rotatable bonds is 9. The molecule has 0 aliphatic carbocycles. The van der Waals surface area contributed by atoms with Crippen LogP contribution in [0.2, 0.25) is 0 Å². The Labute approximate surface area is 171 Å². The van der Waals surface area contributed by atoms with Gasteiger partial charge < -0.3 is 10.2 Å². The Balaban J connectivity index is 1.68. The second-order valence-electron chi connectivity index (χ2n) is 7.32. The minimum Gasteiger partial charge on any atom is -0.355 e. The lowest BCUT2D eigenvalue weighted by atomic mass is 10.0. The van der Waals surface area contributed by atoms with Crippen LogP contribution in [-0.4, -0.2) is 63.3 Å². The smallest absolute Gasteiger partial charge is 0.243 e. The predicted molar refractivity (Wildman–Crippen MR) is 111 cm³/mol. The summed E-state index contributed by atoms with van der Waals surface area (Å²) in [4.78, 5) is 14.7. The van der Waals surface area contributed by atoms with E-state index in [1.807, 2.05) is 0 Å². The van der Waals surface area contributed by atoms with Crippen LogP contribution in [0.3, 0.4) is 0 Å². The lowest BCUT2D eigenvalue weighted by Crippen LogP contribution is -2.39. The molecule has 1 heterocycles. The van der Waals surface area contributed by atoms with Crippen LogP contribution in [0.5, 0.6) is 0 Å². The van der Waals surface area contributed by atoms with Gasteiger partial charge in [0.05, 0.1) is 11.4 Å². The summed E-state index contributed by atoms with van der Waals surface area (Å²) in [7, 11) is -2.24. The van der Waals surface area contributed by atoms with Crippen molar-refractivity contribution in [1.82, 2.24) is 14.5 Å². The Bertz CT molecular complexity index is 709. The van der Waals surface area contributed by atoms with Crippen molar-refractivity contribution in [2.24, 2.45) is 5.92 Å². The second kappa shape index (κ2) is 10.5. The zero-order valence-corrected chi connectivity index (χ0v) is 18.6. The van der Waals surface area contributed by atoms with Gasteiger partial charge in [0.1, 0.15) is 0 Å². The highest BCUT2D eigenvalue weighted by Crippen LogP contribution is 2.18. The number of hydrogen-bond donors (Lipinski definition) is 1. The molecule has 152 valence electrons. The van der Waals surface area contributed by atoms with Crippen molar-refractivity contribution in [3.05, 3.63) is 28.7 Å². The standard InChI is InChI=1S/C19H30BrN3O3S/c1-16-6-5-13-23(14-16)12-4-3-11-21-19(24)15-22(2)27(25,26)18-9-7-17(20)8-10-18/h7-10,16H,3-6,11-15H2,1-2H3,(H,21,24). The fourth-order valence-electron chi connectivity index (χ4n) is 3.31. The number of piperidine rings is 1. The van der Waals surface area contributed by atoms with Crippen LogP contribution in [0.4, 0.5) is 0 Å². The number of likely N-dealkylation sites (tertiary alicyclic amines) is 1. The summed E-state index contributed by atoms with van der Waals surface area (Å²) in [5.74, 6) is 0.506. The lowest BCUT2D eigenvalue weighted by molar-refractivity contribution is -0.121. The Hall–Kier alpha value is -0.960. The molecule has 1 fully saturated rings. The largest absolute Gasteiger partial charge is 0.355 e. The average Bonchev–Trinajstić information content (AvgIpc) is 2.61. The minimum atomic E-state index is -3.66. The number of carbonyl (C=O) groups excluding carboxylic acids is 1. The summed E-state index contributed by atoms with van der Waals surface area (Å²) >= 11 is 3.28. The van der Waals surface area contributed by atoms with E-state index in [-0.39, 0.29) is 17.3 Å². The first-order chi connectivity index (χ1) is 12.8. The van der Waals surface area contributed by atoms with Gasteiger partial charge in [0.2, 0.25) is 15.9 Å². The van der Waals surface area contributed by atoms with Gasteiger partial charge in [-0.05, 0) is 69.0 Å². The summed E-state index contributed by atoms with van der Waals surface area (Å²) in [6.07, 6.45) is 4.54. The van der Waals surface area contributed by atoms with E-state index in [4.69, 9.17) is 0 Å². The van der Waals surface area contributed by atoms with Gasteiger partial charge in [0.15, 0.2) is 0 Å². The van der Waals surface area contributed by atoms with Gasteiger partial charge in [-0.1, -0.05) is 22.9 Å². The van der Waals surface area contributed by atoms with Crippen molar-refractivity contribution < 1.29 is 13.2 Å². The lowest BCUT2D eigenvalue weighted by Gasteiger charge is -2.30. The number of hydrogen-bond acceptors (Lipinski definition) is 4. The summed E-state index contributed by atoms with van der Waals surface area (Å²) in [5, 5.41) is 2.82. The quantitative estimate of drug-likeness (QED) is 0.576. The molecule has 0 saturated carbocycles. The molecule has 27 heavy (non-hydrogen) atoms. The Morgan fingerprint density at radius 1 is 1.30 bits per heavy atom. The maximum Gasteiger partial charge on any atom is 0.243 e. The summed E-state index contributed by atoms with van der Waals surface area (Å²) in [6.45, 7) is 6.11. The van der Waals surface area contributed by atoms with Gasteiger partial charge in [0, 0.05) is 24.6 Å². The number of sulfonamides is 1. The highest BCUT2D eigenvalue weighted by atomic mass is 79.9. The molecule has 6 nitrogen and oxygen atoms in total. The average molecular weight is 460 g/mol. The summed E-state index contributed by atoms with van der Waals surface area (Å²) < 4.78 is 26.9. The molecule has 1 aliphatic heterocycles. The highest BCUT2D eigenvalue weighted by molar-refractivity contribution is 9.10. The molecule has 1 N–H and O–H groups in total.